The fraction of sp³-hybridized carbons (Fsp3) is 0.615. The van der Waals surface area contributed by atoms with E-state index in [9.17, 15) is 14.4 Å². The Morgan fingerprint density at radius 1 is 1.03 bits per heavy atom. The lowest BCUT2D eigenvalue weighted by molar-refractivity contribution is -0.131. The van der Waals surface area contributed by atoms with E-state index in [1.807, 2.05) is 20.8 Å². The average molecular weight is 489 g/mol. The van der Waals surface area contributed by atoms with Crippen LogP contribution in [0.1, 0.15) is 60.3 Å². The lowest BCUT2D eigenvalue weighted by atomic mass is 9.97. The molecule has 0 aliphatic heterocycles. The Kier molecular flexibility index (Phi) is 10.5. The van der Waals surface area contributed by atoms with Crippen LogP contribution in [0.3, 0.4) is 0 Å². The van der Waals surface area contributed by atoms with E-state index in [0.29, 0.717) is 28.3 Å². The predicted molar refractivity (Wildman–Crippen MR) is 137 cm³/mol. The number of fused-ring (bicyclic) bond motifs is 1. The number of hydrogen-bond acceptors (Lipinski definition) is 6. The van der Waals surface area contributed by atoms with Gasteiger partial charge in [0.05, 0.1) is 31.4 Å². The maximum Gasteiger partial charge on any atom is 0.261 e. The van der Waals surface area contributed by atoms with E-state index >= 15 is 0 Å². The zero-order valence-electron chi connectivity index (χ0n) is 22.0. The van der Waals surface area contributed by atoms with Crippen molar-refractivity contribution in [1.82, 2.24) is 20.2 Å². The fourth-order valence-corrected chi connectivity index (χ4v) is 3.91. The predicted octanol–water partition coefficient (Wildman–Crippen LogP) is 3.28. The van der Waals surface area contributed by atoms with Crippen LogP contribution < -0.4 is 25.7 Å². The second-order valence-corrected chi connectivity index (χ2v) is 9.57. The molecule has 1 unspecified atom stereocenters. The normalized spacial score (nSPS) is 13.8. The number of nitrogens with zero attached hydrogens (tertiary/aromatic N) is 2. The molecule has 2 amide bonds. The third-order valence-corrected chi connectivity index (χ3v) is 6.26. The van der Waals surface area contributed by atoms with Crippen LogP contribution in [0.4, 0.5) is 0 Å². The average Bonchev–Trinajstić information content (AvgIpc) is 2.82. The second-order valence-electron chi connectivity index (χ2n) is 9.57. The summed E-state index contributed by atoms with van der Waals surface area (Å²) in [6.07, 6.45) is 5.08. The maximum atomic E-state index is 13.0. The Bertz CT molecular complexity index is 1070. The highest BCUT2D eigenvalue weighted by Gasteiger charge is 2.27. The van der Waals surface area contributed by atoms with Crippen LogP contribution in [-0.2, 0) is 16.1 Å². The van der Waals surface area contributed by atoms with Crippen LogP contribution in [0.15, 0.2) is 23.3 Å². The molecular weight excluding hydrogens is 448 g/mol. The van der Waals surface area contributed by atoms with Gasteiger partial charge in [-0.25, -0.2) is 4.98 Å². The Labute approximate surface area is 207 Å². The molecule has 35 heavy (non-hydrogen) atoms. The molecule has 0 saturated heterocycles. The van der Waals surface area contributed by atoms with Crippen LogP contribution in [0, 0.1) is 11.8 Å². The first kappa shape index (κ1) is 28.1. The molecule has 0 saturated carbocycles. The van der Waals surface area contributed by atoms with Crippen molar-refractivity contribution >= 4 is 22.7 Å². The van der Waals surface area contributed by atoms with Crippen molar-refractivity contribution in [2.24, 2.45) is 11.8 Å². The van der Waals surface area contributed by atoms with Gasteiger partial charge in [0.2, 0.25) is 11.8 Å². The molecule has 0 aliphatic carbocycles. The van der Waals surface area contributed by atoms with Gasteiger partial charge in [-0.15, -0.1) is 0 Å². The van der Waals surface area contributed by atoms with Crippen molar-refractivity contribution in [3.05, 3.63) is 28.8 Å². The summed E-state index contributed by atoms with van der Waals surface area (Å²) in [6.45, 7) is 10.0. The summed E-state index contributed by atoms with van der Waals surface area (Å²) in [4.78, 5) is 43.1. The number of aromatic nitrogens is 2. The van der Waals surface area contributed by atoms with Gasteiger partial charge >= 0.3 is 0 Å². The minimum absolute atomic E-state index is 0.0176. The van der Waals surface area contributed by atoms with Gasteiger partial charge in [0.25, 0.3) is 5.56 Å². The largest absolute Gasteiger partial charge is 0.493 e. The molecule has 194 valence electrons. The van der Waals surface area contributed by atoms with Gasteiger partial charge in [0, 0.05) is 12.1 Å². The topological polar surface area (TPSA) is 112 Å². The van der Waals surface area contributed by atoms with Crippen molar-refractivity contribution in [3.8, 4) is 11.5 Å². The summed E-state index contributed by atoms with van der Waals surface area (Å²) < 4.78 is 11.8. The minimum atomic E-state index is -0.687. The zero-order chi connectivity index (χ0) is 26.1. The van der Waals surface area contributed by atoms with E-state index in [1.54, 1.807) is 12.1 Å². The molecule has 1 aromatic carbocycles. The third kappa shape index (κ3) is 7.70. The van der Waals surface area contributed by atoms with Crippen LogP contribution in [0.25, 0.3) is 10.9 Å². The molecule has 2 N–H and O–H groups in total. The maximum absolute atomic E-state index is 13.0. The molecule has 1 aromatic heterocycles. The summed E-state index contributed by atoms with van der Waals surface area (Å²) >= 11 is 0. The molecule has 9 nitrogen and oxygen atoms in total. The molecule has 0 radical (unpaired) electrons. The molecule has 9 heteroatoms. The number of amides is 2. The van der Waals surface area contributed by atoms with E-state index in [0.717, 1.165) is 25.7 Å². The molecule has 2 aromatic rings. The molecule has 0 aliphatic rings. The first-order valence-electron chi connectivity index (χ1n) is 12.3. The van der Waals surface area contributed by atoms with E-state index in [4.69, 9.17) is 9.47 Å². The molecular formula is C26H40N4O5. The molecule has 1 heterocycles. The molecule has 3 atom stereocenters. The van der Waals surface area contributed by atoms with Gasteiger partial charge in [-0.1, -0.05) is 47.0 Å². The van der Waals surface area contributed by atoms with Gasteiger partial charge in [-0.2, -0.15) is 0 Å². The highest BCUT2D eigenvalue weighted by molar-refractivity contribution is 5.88. The number of hydrogen-bond donors (Lipinski definition) is 2. The number of nitrogens with one attached hydrogen (secondary N) is 2. The minimum Gasteiger partial charge on any atom is -0.493 e. The summed E-state index contributed by atoms with van der Waals surface area (Å²) in [7, 11) is 2.99. The number of ether oxygens (including phenoxy) is 2. The number of methoxy groups -OCH3 is 2. The number of carbonyl (C=O) groups is 2. The van der Waals surface area contributed by atoms with Gasteiger partial charge in [-0.3, -0.25) is 19.0 Å². The summed E-state index contributed by atoms with van der Waals surface area (Å²) in [6, 6.07) is 2.50. The third-order valence-electron chi connectivity index (χ3n) is 6.26. The van der Waals surface area contributed by atoms with Gasteiger partial charge in [0.1, 0.15) is 12.6 Å². The lowest BCUT2D eigenvalue weighted by Crippen LogP contribution is -2.53. The van der Waals surface area contributed by atoms with Crippen molar-refractivity contribution in [2.45, 2.75) is 78.9 Å². The molecule has 0 bridgehead atoms. The van der Waals surface area contributed by atoms with Crippen LogP contribution in [-0.4, -0.2) is 47.7 Å². The monoisotopic (exact) mass is 488 g/mol. The summed E-state index contributed by atoms with van der Waals surface area (Å²) in [5.74, 6) is 0.790. The first-order chi connectivity index (χ1) is 16.6. The number of benzene rings is 1. The lowest BCUT2D eigenvalue weighted by Gasteiger charge is -2.25. The Morgan fingerprint density at radius 2 is 1.69 bits per heavy atom. The van der Waals surface area contributed by atoms with Crippen molar-refractivity contribution < 1.29 is 19.1 Å². The van der Waals surface area contributed by atoms with E-state index in [1.165, 1.54) is 25.1 Å². The highest BCUT2D eigenvalue weighted by Crippen LogP contribution is 2.29. The smallest absolute Gasteiger partial charge is 0.261 e. The quantitative estimate of drug-likeness (QED) is 0.448. The van der Waals surface area contributed by atoms with Crippen molar-refractivity contribution in [2.75, 3.05) is 14.2 Å². The van der Waals surface area contributed by atoms with Gasteiger partial charge in [0.15, 0.2) is 11.5 Å². The molecule has 0 fully saturated rings. The second kappa shape index (κ2) is 13.1. The summed E-state index contributed by atoms with van der Waals surface area (Å²) in [5.41, 5.74) is 0.0574. The number of carbonyl (C=O) groups excluding carboxylic acids is 2. The Morgan fingerprint density at radius 3 is 2.29 bits per heavy atom. The van der Waals surface area contributed by atoms with Crippen LogP contribution >= 0.6 is 0 Å². The number of rotatable bonds is 13. The highest BCUT2D eigenvalue weighted by atomic mass is 16.5. The molecule has 0 spiro atoms. The van der Waals surface area contributed by atoms with Crippen LogP contribution in [0.5, 0.6) is 11.5 Å². The van der Waals surface area contributed by atoms with Crippen molar-refractivity contribution in [3.63, 3.8) is 0 Å². The van der Waals surface area contributed by atoms with E-state index in [-0.39, 0.29) is 30.0 Å². The standard InChI is InChI=1S/C26H40N4O5/c1-8-17(4)24(25(32)28-18(5)11-9-10-16(2)3)29-23(31)14-30-15-27-20-13-22(35-7)21(34-6)12-19(20)26(30)33/h12-13,15-18,24H,8-11,14H2,1-7H3,(H,28,32)(H,29,31)/t17-,18?,24+/m1/s1. The Balaban J connectivity index is 2.14. The van der Waals surface area contributed by atoms with E-state index in [2.05, 4.69) is 29.5 Å². The first-order valence-corrected chi connectivity index (χ1v) is 12.3. The zero-order valence-corrected chi connectivity index (χ0v) is 22.0. The summed E-state index contributed by atoms with van der Waals surface area (Å²) in [5, 5.41) is 6.18. The Hall–Kier alpha value is -3.10. The van der Waals surface area contributed by atoms with E-state index < -0.39 is 11.9 Å². The fourth-order valence-electron chi connectivity index (χ4n) is 3.91. The van der Waals surface area contributed by atoms with Gasteiger partial charge < -0.3 is 20.1 Å². The molecule has 2 rings (SSSR count). The van der Waals surface area contributed by atoms with Crippen LogP contribution in [0.2, 0.25) is 0 Å². The van der Waals surface area contributed by atoms with Crippen molar-refractivity contribution in [1.29, 1.82) is 0 Å². The SMILES string of the molecule is CC[C@@H](C)[C@H](NC(=O)Cn1cnc2cc(OC)c(OC)cc2c1=O)C(=O)NC(C)CCCC(C)C. The van der Waals surface area contributed by atoms with Gasteiger partial charge in [-0.05, 0) is 31.2 Å².